The van der Waals surface area contributed by atoms with E-state index in [1.165, 1.54) is 11.3 Å². The summed E-state index contributed by atoms with van der Waals surface area (Å²) in [4.78, 5) is 8.20. The van der Waals surface area contributed by atoms with Gasteiger partial charge in [-0.05, 0) is 0 Å². The second kappa shape index (κ2) is 4.23. The van der Waals surface area contributed by atoms with Crippen molar-refractivity contribution in [3.63, 3.8) is 0 Å². The highest BCUT2D eigenvalue weighted by molar-refractivity contribution is 7.09. The molecule has 1 unspecified atom stereocenters. The molecule has 0 aromatic carbocycles. The van der Waals surface area contributed by atoms with E-state index in [-0.39, 0.29) is 0 Å². The molecule has 0 aliphatic heterocycles. The van der Waals surface area contributed by atoms with Gasteiger partial charge in [0.05, 0.1) is 29.0 Å². The van der Waals surface area contributed by atoms with Crippen molar-refractivity contribution in [3.8, 4) is 0 Å². The summed E-state index contributed by atoms with van der Waals surface area (Å²) < 4.78 is 1.70. The molecule has 3 aromatic rings. The third-order valence-corrected chi connectivity index (χ3v) is 3.37. The molecule has 0 aliphatic rings. The van der Waals surface area contributed by atoms with E-state index in [4.69, 9.17) is 0 Å². The van der Waals surface area contributed by atoms with Crippen LogP contribution in [0.2, 0.25) is 0 Å². The first-order chi connectivity index (χ1) is 8.34. The Morgan fingerprint density at radius 1 is 1.35 bits per heavy atom. The first-order valence-corrected chi connectivity index (χ1v) is 6.06. The van der Waals surface area contributed by atoms with Crippen molar-refractivity contribution >= 4 is 16.9 Å². The van der Waals surface area contributed by atoms with Crippen LogP contribution in [-0.2, 0) is 6.42 Å². The summed E-state index contributed by atoms with van der Waals surface area (Å²) in [5.41, 5.74) is 1.62. The van der Waals surface area contributed by atoms with Crippen molar-refractivity contribution < 1.29 is 5.11 Å². The molecule has 0 spiro atoms. The smallest absolute Gasteiger partial charge is 0.0954 e. The number of thiazole rings is 1. The zero-order valence-corrected chi connectivity index (χ0v) is 9.71. The van der Waals surface area contributed by atoms with Gasteiger partial charge in [0.2, 0.25) is 0 Å². The molecule has 0 saturated heterocycles. The summed E-state index contributed by atoms with van der Waals surface area (Å²) in [6.45, 7) is 0. The summed E-state index contributed by atoms with van der Waals surface area (Å²) in [6, 6.07) is 0. The average molecular weight is 246 g/mol. The quantitative estimate of drug-likeness (QED) is 0.760. The number of hydrogen-bond donors (Lipinski definition) is 1. The van der Waals surface area contributed by atoms with Crippen LogP contribution in [0.4, 0.5) is 0 Å². The van der Waals surface area contributed by atoms with Gasteiger partial charge < -0.3 is 5.11 Å². The molecule has 0 saturated carbocycles. The molecule has 0 bridgehead atoms. The maximum absolute atomic E-state index is 10.2. The highest BCUT2D eigenvalue weighted by atomic mass is 32.1. The molecule has 3 heterocycles. The van der Waals surface area contributed by atoms with Crippen molar-refractivity contribution in [2.24, 2.45) is 0 Å². The number of aromatic nitrogens is 4. The molecule has 5 nitrogen and oxygen atoms in total. The van der Waals surface area contributed by atoms with Crippen LogP contribution in [0.3, 0.4) is 0 Å². The zero-order valence-electron chi connectivity index (χ0n) is 8.89. The molecular weight excluding hydrogens is 236 g/mol. The lowest BCUT2D eigenvalue weighted by molar-refractivity contribution is 0.180. The minimum Gasteiger partial charge on any atom is -0.388 e. The molecule has 0 radical (unpaired) electrons. The van der Waals surface area contributed by atoms with Crippen LogP contribution in [0.15, 0.2) is 36.4 Å². The van der Waals surface area contributed by atoms with Gasteiger partial charge in [0, 0.05) is 36.0 Å². The lowest BCUT2D eigenvalue weighted by Gasteiger charge is -2.06. The van der Waals surface area contributed by atoms with Gasteiger partial charge in [-0.15, -0.1) is 11.3 Å². The van der Waals surface area contributed by atoms with Crippen molar-refractivity contribution in [2.75, 3.05) is 0 Å². The van der Waals surface area contributed by atoms with E-state index in [0.29, 0.717) is 6.42 Å². The Hall–Kier alpha value is -1.79. The minimum atomic E-state index is -0.595. The summed E-state index contributed by atoms with van der Waals surface area (Å²) in [7, 11) is 0. The van der Waals surface area contributed by atoms with E-state index in [1.807, 2.05) is 5.38 Å². The standard InChI is InChI=1S/C11H10N4OS/c16-10(5-11-13-2-4-17-11)8-6-14-15-3-1-12-7-9(8)15/h1-4,6-7,10,16H,5H2. The van der Waals surface area contributed by atoms with E-state index < -0.39 is 6.10 Å². The zero-order chi connectivity index (χ0) is 11.7. The molecule has 3 rings (SSSR count). The first kappa shape index (κ1) is 10.4. The van der Waals surface area contributed by atoms with Crippen LogP contribution in [0.1, 0.15) is 16.7 Å². The molecule has 1 N–H and O–H groups in total. The van der Waals surface area contributed by atoms with Crippen LogP contribution in [0.25, 0.3) is 5.52 Å². The highest BCUT2D eigenvalue weighted by Crippen LogP contribution is 2.22. The fraction of sp³-hybridized carbons (Fsp3) is 0.182. The van der Waals surface area contributed by atoms with Gasteiger partial charge in [-0.25, -0.2) is 9.50 Å². The van der Waals surface area contributed by atoms with Gasteiger partial charge in [-0.2, -0.15) is 5.10 Å². The van der Waals surface area contributed by atoms with Crippen LogP contribution in [-0.4, -0.2) is 24.7 Å². The lowest BCUT2D eigenvalue weighted by Crippen LogP contribution is -2.01. The molecule has 17 heavy (non-hydrogen) atoms. The fourth-order valence-electron chi connectivity index (χ4n) is 1.74. The SMILES string of the molecule is OC(Cc1nccs1)c1cnn2ccncc12. The van der Waals surface area contributed by atoms with Gasteiger partial charge >= 0.3 is 0 Å². The predicted octanol–water partition coefficient (Wildman–Crippen LogP) is 1.46. The van der Waals surface area contributed by atoms with Crippen molar-refractivity contribution in [1.29, 1.82) is 0 Å². The maximum atomic E-state index is 10.2. The molecular formula is C11H10N4OS. The Morgan fingerprint density at radius 3 is 3.12 bits per heavy atom. The Kier molecular flexibility index (Phi) is 2.58. The largest absolute Gasteiger partial charge is 0.388 e. The molecule has 1 atom stereocenters. The Bertz CT molecular complexity index is 619. The fourth-order valence-corrected chi connectivity index (χ4v) is 2.39. The maximum Gasteiger partial charge on any atom is 0.0954 e. The van der Waals surface area contributed by atoms with Gasteiger partial charge in [0.1, 0.15) is 0 Å². The van der Waals surface area contributed by atoms with Gasteiger partial charge in [-0.1, -0.05) is 0 Å². The first-order valence-electron chi connectivity index (χ1n) is 5.18. The van der Waals surface area contributed by atoms with Gasteiger partial charge in [0.15, 0.2) is 0 Å². The van der Waals surface area contributed by atoms with Gasteiger partial charge in [-0.3, -0.25) is 4.98 Å². The second-order valence-electron chi connectivity index (χ2n) is 3.65. The van der Waals surface area contributed by atoms with Crippen molar-refractivity contribution in [2.45, 2.75) is 12.5 Å². The van der Waals surface area contributed by atoms with Crippen LogP contribution in [0.5, 0.6) is 0 Å². The van der Waals surface area contributed by atoms with Crippen LogP contribution < -0.4 is 0 Å². The number of aliphatic hydroxyl groups excluding tert-OH is 1. The Morgan fingerprint density at radius 2 is 2.29 bits per heavy atom. The number of fused-ring (bicyclic) bond motifs is 1. The summed E-state index contributed by atoms with van der Waals surface area (Å²) in [6.07, 6.45) is 8.45. The van der Waals surface area contributed by atoms with E-state index in [9.17, 15) is 5.11 Å². The lowest BCUT2D eigenvalue weighted by atomic mass is 10.1. The minimum absolute atomic E-state index is 0.508. The van der Waals surface area contributed by atoms with Crippen LogP contribution in [0, 0.1) is 0 Å². The number of hydrogen-bond acceptors (Lipinski definition) is 5. The summed E-state index contributed by atoms with van der Waals surface area (Å²) in [5.74, 6) is 0. The topological polar surface area (TPSA) is 63.3 Å². The van der Waals surface area contributed by atoms with Gasteiger partial charge in [0.25, 0.3) is 0 Å². The highest BCUT2D eigenvalue weighted by Gasteiger charge is 2.15. The number of aliphatic hydroxyl groups is 1. The molecule has 86 valence electrons. The third-order valence-electron chi connectivity index (χ3n) is 2.56. The van der Waals surface area contributed by atoms with E-state index in [2.05, 4.69) is 15.1 Å². The summed E-state index contributed by atoms with van der Waals surface area (Å²) >= 11 is 1.54. The van der Waals surface area contributed by atoms with E-state index in [0.717, 1.165) is 16.1 Å². The Labute approximate surface area is 101 Å². The molecule has 0 fully saturated rings. The predicted molar refractivity (Wildman–Crippen MR) is 63.8 cm³/mol. The van der Waals surface area contributed by atoms with E-state index in [1.54, 1.807) is 35.5 Å². The van der Waals surface area contributed by atoms with Crippen LogP contribution >= 0.6 is 11.3 Å². The number of nitrogens with zero attached hydrogens (tertiary/aromatic N) is 4. The molecule has 3 aromatic heterocycles. The Balaban J connectivity index is 1.93. The molecule has 6 heteroatoms. The van der Waals surface area contributed by atoms with Crippen molar-refractivity contribution in [1.82, 2.24) is 19.6 Å². The van der Waals surface area contributed by atoms with Crippen molar-refractivity contribution in [3.05, 3.63) is 46.9 Å². The molecule has 0 aliphatic carbocycles. The monoisotopic (exact) mass is 246 g/mol. The number of rotatable bonds is 3. The normalized spacial score (nSPS) is 13.0. The van der Waals surface area contributed by atoms with E-state index >= 15 is 0 Å². The average Bonchev–Trinajstić information content (AvgIpc) is 2.96. The summed E-state index contributed by atoms with van der Waals surface area (Å²) in [5, 5.41) is 17.2. The molecule has 0 amide bonds. The second-order valence-corrected chi connectivity index (χ2v) is 4.63. The third kappa shape index (κ3) is 1.92.